The van der Waals surface area contributed by atoms with Crippen LogP contribution in [-0.2, 0) is 4.79 Å². The molecule has 2 aromatic rings. The van der Waals surface area contributed by atoms with Gasteiger partial charge in [0.1, 0.15) is 5.52 Å². The average molecular weight is 334 g/mol. The van der Waals surface area contributed by atoms with Gasteiger partial charge in [-0.15, -0.1) is 0 Å². The topological polar surface area (TPSA) is 49.6 Å². The van der Waals surface area contributed by atoms with Gasteiger partial charge in [-0.25, -0.2) is 0 Å². The quantitative estimate of drug-likeness (QED) is 0.846. The molecule has 1 aromatic carbocycles. The highest BCUT2D eigenvalue weighted by molar-refractivity contribution is 6.31. The number of carbonyl (C=O) groups is 1. The Morgan fingerprint density at radius 2 is 1.91 bits per heavy atom. The fourth-order valence-corrected chi connectivity index (χ4v) is 3.70. The van der Waals surface area contributed by atoms with Crippen molar-refractivity contribution >= 4 is 34.6 Å². The minimum atomic E-state index is 0.156. The highest BCUT2D eigenvalue weighted by Gasteiger charge is 2.31. The number of carbonyl (C=O) groups excluding carboxylic acids is 1. The van der Waals surface area contributed by atoms with Gasteiger partial charge in [0.2, 0.25) is 5.91 Å². The summed E-state index contributed by atoms with van der Waals surface area (Å²) in [6, 6.07) is 6.11. The first kappa shape index (κ1) is 14.8. The first-order valence-electron chi connectivity index (χ1n) is 8.30. The van der Waals surface area contributed by atoms with E-state index in [0.717, 1.165) is 57.4 Å². The van der Waals surface area contributed by atoms with E-state index in [-0.39, 0.29) is 5.92 Å². The van der Waals surface area contributed by atoms with Crippen molar-refractivity contribution in [1.82, 2.24) is 9.88 Å². The fraction of sp³-hybridized carbons (Fsp3) is 0.529. The van der Waals surface area contributed by atoms with Crippen LogP contribution in [0.3, 0.4) is 0 Å². The van der Waals surface area contributed by atoms with Gasteiger partial charge in [-0.05, 0) is 37.8 Å². The summed E-state index contributed by atoms with van der Waals surface area (Å²) in [4.78, 5) is 21.2. The monoisotopic (exact) mass is 333 g/mol. The molecule has 1 aromatic heterocycles. The normalized spacial score (nSPS) is 19.7. The molecule has 2 aliphatic rings. The lowest BCUT2D eigenvalue weighted by Gasteiger charge is -2.32. The Bertz CT molecular complexity index is 716. The molecule has 0 N–H and O–H groups in total. The molecule has 5 nitrogen and oxygen atoms in total. The third-order valence-corrected chi connectivity index (χ3v) is 5.11. The van der Waals surface area contributed by atoms with Gasteiger partial charge < -0.3 is 14.2 Å². The molecular weight excluding hydrogens is 314 g/mol. The summed E-state index contributed by atoms with van der Waals surface area (Å²) in [5.41, 5.74) is 1.53. The number of hydrogen-bond donors (Lipinski definition) is 0. The average Bonchev–Trinajstić information content (AvgIpc) is 3.23. The van der Waals surface area contributed by atoms with Gasteiger partial charge in [-0.2, -0.15) is 4.98 Å². The van der Waals surface area contributed by atoms with Crippen molar-refractivity contribution in [2.45, 2.75) is 25.7 Å². The number of amides is 1. The lowest BCUT2D eigenvalue weighted by molar-refractivity contribution is -0.135. The second-order valence-corrected chi connectivity index (χ2v) is 6.84. The summed E-state index contributed by atoms with van der Waals surface area (Å²) in [6.45, 7) is 3.49. The number of likely N-dealkylation sites (tertiary alicyclic amines) is 1. The zero-order valence-corrected chi connectivity index (χ0v) is 13.8. The number of aromatic nitrogens is 1. The fourth-order valence-electron chi connectivity index (χ4n) is 3.53. The van der Waals surface area contributed by atoms with E-state index in [1.807, 2.05) is 17.0 Å². The molecule has 0 spiro atoms. The van der Waals surface area contributed by atoms with Gasteiger partial charge in [0.15, 0.2) is 5.58 Å². The van der Waals surface area contributed by atoms with Crippen LogP contribution in [0.4, 0.5) is 6.01 Å². The van der Waals surface area contributed by atoms with Gasteiger partial charge >= 0.3 is 0 Å². The third-order valence-electron chi connectivity index (χ3n) is 4.87. The van der Waals surface area contributed by atoms with Gasteiger partial charge in [-0.3, -0.25) is 4.79 Å². The predicted molar refractivity (Wildman–Crippen MR) is 89.8 cm³/mol. The van der Waals surface area contributed by atoms with Crippen LogP contribution in [-0.4, -0.2) is 42.0 Å². The largest absolute Gasteiger partial charge is 0.423 e. The van der Waals surface area contributed by atoms with Crippen LogP contribution in [0.5, 0.6) is 0 Å². The number of piperidine rings is 1. The van der Waals surface area contributed by atoms with Crippen molar-refractivity contribution < 1.29 is 9.21 Å². The molecular formula is C17H20ClN3O2. The number of anilines is 1. The maximum atomic E-state index is 12.5. The standard InChI is InChI=1S/C17H20ClN3O2/c18-13-3-4-14-15(11-13)23-17(19-14)21-9-5-12(6-10-21)16(22)20-7-1-2-8-20/h3-4,11-12H,1-2,5-10H2. The minimum absolute atomic E-state index is 0.156. The molecule has 4 rings (SSSR count). The summed E-state index contributed by atoms with van der Waals surface area (Å²) in [5.74, 6) is 0.495. The van der Waals surface area contributed by atoms with Crippen molar-refractivity contribution in [3.05, 3.63) is 23.2 Å². The third kappa shape index (κ3) is 2.90. The second-order valence-electron chi connectivity index (χ2n) is 6.40. The van der Waals surface area contributed by atoms with E-state index in [0.29, 0.717) is 22.5 Å². The summed E-state index contributed by atoms with van der Waals surface area (Å²) < 4.78 is 5.82. The van der Waals surface area contributed by atoms with Crippen molar-refractivity contribution in [2.24, 2.45) is 5.92 Å². The molecule has 0 atom stereocenters. The molecule has 0 aliphatic carbocycles. The van der Waals surface area contributed by atoms with E-state index in [1.165, 1.54) is 0 Å². The lowest BCUT2D eigenvalue weighted by atomic mass is 9.95. The van der Waals surface area contributed by atoms with Gasteiger partial charge in [0.05, 0.1) is 0 Å². The van der Waals surface area contributed by atoms with Crippen molar-refractivity contribution in [1.29, 1.82) is 0 Å². The van der Waals surface area contributed by atoms with Crippen LogP contribution >= 0.6 is 11.6 Å². The van der Waals surface area contributed by atoms with Gasteiger partial charge in [-0.1, -0.05) is 11.6 Å². The summed E-state index contributed by atoms with van der Waals surface area (Å²) in [6.07, 6.45) is 4.04. The van der Waals surface area contributed by atoms with Crippen LogP contribution in [0.1, 0.15) is 25.7 Å². The Hall–Kier alpha value is -1.75. The first-order valence-corrected chi connectivity index (χ1v) is 8.68. The molecule has 1 amide bonds. The molecule has 2 fully saturated rings. The molecule has 3 heterocycles. The number of rotatable bonds is 2. The number of benzene rings is 1. The van der Waals surface area contributed by atoms with E-state index >= 15 is 0 Å². The number of halogens is 1. The van der Waals surface area contributed by atoms with E-state index < -0.39 is 0 Å². The van der Waals surface area contributed by atoms with Crippen LogP contribution in [0.2, 0.25) is 5.02 Å². The SMILES string of the molecule is O=C(C1CCN(c2nc3ccc(Cl)cc3o2)CC1)N1CCCC1. The highest BCUT2D eigenvalue weighted by atomic mass is 35.5. The van der Waals surface area contributed by atoms with Crippen molar-refractivity contribution in [2.75, 3.05) is 31.1 Å². The molecule has 2 aliphatic heterocycles. The van der Waals surface area contributed by atoms with E-state index in [2.05, 4.69) is 9.88 Å². The Kier molecular flexibility index (Phi) is 3.89. The summed E-state index contributed by atoms with van der Waals surface area (Å²) in [7, 11) is 0. The maximum Gasteiger partial charge on any atom is 0.298 e. The van der Waals surface area contributed by atoms with Crippen LogP contribution in [0, 0.1) is 5.92 Å². The maximum absolute atomic E-state index is 12.5. The minimum Gasteiger partial charge on any atom is -0.423 e. The van der Waals surface area contributed by atoms with Gasteiger partial charge in [0, 0.05) is 43.2 Å². The van der Waals surface area contributed by atoms with Crippen LogP contribution < -0.4 is 4.90 Å². The summed E-state index contributed by atoms with van der Waals surface area (Å²) in [5, 5.41) is 0.648. The molecule has 0 unspecified atom stereocenters. The number of nitrogens with zero attached hydrogens (tertiary/aromatic N) is 3. The zero-order chi connectivity index (χ0) is 15.8. The van der Waals surface area contributed by atoms with E-state index in [1.54, 1.807) is 6.07 Å². The number of hydrogen-bond acceptors (Lipinski definition) is 4. The molecule has 0 bridgehead atoms. The van der Waals surface area contributed by atoms with Crippen molar-refractivity contribution in [3.63, 3.8) is 0 Å². The lowest BCUT2D eigenvalue weighted by Crippen LogP contribution is -2.41. The first-order chi connectivity index (χ1) is 11.2. The molecule has 2 saturated heterocycles. The van der Waals surface area contributed by atoms with Crippen molar-refractivity contribution in [3.8, 4) is 0 Å². The number of fused-ring (bicyclic) bond motifs is 1. The molecule has 6 heteroatoms. The predicted octanol–water partition coefficient (Wildman–Crippen LogP) is 3.32. The zero-order valence-electron chi connectivity index (χ0n) is 13.0. The summed E-state index contributed by atoms with van der Waals surface area (Å²) >= 11 is 5.99. The molecule has 0 radical (unpaired) electrons. The Morgan fingerprint density at radius 3 is 2.65 bits per heavy atom. The van der Waals surface area contributed by atoms with Crippen LogP contribution in [0.15, 0.2) is 22.6 Å². The Morgan fingerprint density at radius 1 is 1.17 bits per heavy atom. The Balaban J connectivity index is 1.43. The smallest absolute Gasteiger partial charge is 0.298 e. The second kappa shape index (κ2) is 6.04. The molecule has 0 saturated carbocycles. The van der Waals surface area contributed by atoms with E-state index in [9.17, 15) is 4.79 Å². The highest BCUT2D eigenvalue weighted by Crippen LogP contribution is 2.29. The number of oxazole rings is 1. The van der Waals surface area contributed by atoms with Gasteiger partial charge in [0.25, 0.3) is 6.01 Å². The molecule has 122 valence electrons. The molecule has 23 heavy (non-hydrogen) atoms. The van der Waals surface area contributed by atoms with Crippen LogP contribution in [0.25, 0.3) is 11.1 Å². The Labute approximate surface area is 140 Å². The van der Waals surface area contributed by atoms with E-state index in [4.69, 9.17) is 16.0 Å².